The molecule has 128 valence electrons. The maximum Gasteiger partial charge on any atom is 0.212 e. The van der Waals surface area contributed by atoms with E-state index < -0.39 is 0 Å². The summed E-state index contributed by atoms with van der Waals surface area (Å²) in [6, 6.07) is 19.1. The van der Waals surface area contributed by atoms with Gasteiger partial charge in [0.25, 0.3) is 0 Å². The van der Waals surface area contributed by atoms with E-state index in [0.29, 0.717) is 5.69 Å². The molecule has 5 heteroatoms. The Morgan fingerprint density at radius 3 is 2.15 bits per heavy atom. The van der Waals surface area contributed by atoms with Gasteiger partial charge in [-0.1, -0.05) is 0 Å². The number of aryl methyl sites for hydroxylation is 2. The number of amidine groups is 1. The molecule has 0 amide bonds. The van der Waals surface area contributed by atoms with Crippen molar-refractivity contribution in [3.63, 3.8) is 0 Å². The molecule has 0 aliphatic carbocycles. The van der Waals surface area contributed by atoms with Gasteiger partial charge in [0.15, 0.2) is 12.4 Å². The van der Waals surface area contributed by atoms with Crippen LogP contribution in [0.4, 0.5) is 11.4 Å². The summed E-state index contributed by atoms with van der Waals surface area (Å²) < 4.78 is 4.08. The lowest BCUT2D eigenvalue weighted by atomic mass is 10.2. The molecular formula is C21H19N4O+. The summed E-state index contributed by atoms with van der Waals surface area (Å²) >= 11 is 0. The summed E-state index contributed by atoms with van der Waals surface area (Å²) in [4.78, 5) is 4.17. The molecule has 1 N–H and O–H groups in total. The molecule has 0 saturated carbocycles. The van der Waals surface area contributed by atoms with Crippen LogP contribution in [0.3, 0.4) is 0 Å². The topological polar surface area (TPSA) is 55.2 Å². The molecule has 0 saturated heterocycles. The number of anilines is 1. The van der Waals surface area contributed by atoms with Crippen molar-refractivity contribution in [3.8, 4) is 0 Å². The first-order valence-corrected chi connectivity index (χ1v) is 8.40. The van der Waals surface area contributed by atoms with Crippen molar-refractivity contribution in [3.05, 3.63) is 73.1 Å². The van der Waals surface area contributed by atoms with Crippen molar-refractivity contribution < 1.29 is 14.2 Å². The minimum atomic E-state index is -0.385. The molecule has 0 fully saturated rings. The van der Waals surface area contributed by atoms with Gasteiger partial charge in [0.05, 0.1) is 11.7 Å². The largest absolute Gasteiger partial charge is 0.846 e. The van der Waals surface area contributed by atoms with Crippen LogP contribution < -0.4 is 19.6 Å². The van der Waals surface area contributed by atoms with E-state index >= 15 is 0 Å². The molecule has 5 nitrogen and oxygen atoms in total. The van der Waals surface area contributed by atoms with E-state index in [4.69, 9.17) is 0 Å². The molecule has 0 bridgehead atoms. The number of nitrogens with one attached hydrogen (secondary N) is 1. The fourth-order valence-electron chi connectivity index (χ4n) is 3.13. The van der Waals surface area contributed by atoms with E-state index in [1.165, 1.54) is 0 Å². The highest BCUT2D eigenvalue weighted by Crippen LogP contribution is 2.20. The highest BCUT2D eigenvalue weighted by atomic mass is 16.3. The highest BCUT2D eigenvalue weighted by molar-refractivity contribution is 5.91. The highest BCUT2D eigenvalue weighted by Gasteiger charge is 2.05. The van der Waals surface area contributed by atoms with E-state index in [-0.39, 0.29) is 6.02 Å². The molecule has 2 aromatic carbocycles. The molecule has 2 heterocycles. The number of hydrogen-bond acceptors (Lipinski definition) is 2. The van der Waals surface area contributed by atoms with E-state index in [9.17, 15) is 5.11 Å². The number of rotatable bonds is 2. The van der Waals surface area contributed by atoms with Gasteiger partial charge in [-0.25, -0.2) is 14.1 Å². The van der Waals surface area contributed by atoms with Gasteiger partial charge >= 0.3 is 0 Å². The minimum absolute atomic E-state index is 0.385. The summed E-state index contributed by atoms with van der Waals surface area (Å²) in [7, 11) is 3.99. The van der Waals surface area contributed by atoms with Crippen LogP contribution in [-0.2, 0) is 14.1 Å². The zero-order valence-electron chi connectivity index (χ0n) is 14.7. The number of aliphatic imine (C=N–C) groups is 1. The maximum atomic E-state index is 12.3. The van der Waals surface area contributed by atoms with Crippen LogP contribution in [0.25, 0.3) is 21.8 Å². The number of fused-ring (bicyclic) bond motifs is 2. The average molecular weight is 343 g/mol. The first kappa shape index (κ1) is 16.0. The molecule has 0 aliphatic heterocycles. The monoisotopic (exact) mass is 343 g/mol. The number of aromatic nitrogens is 2. The van der Waals surface area contributed by atoms with Crippen LogP contribution in [-0.4, -0.2) is 6.02 Å². The van der Waals surface area contributed by atoms with Gasteiger partial charge in [-0.2, -0.15) is 0 Å². The Morgan fingerprint density at radius 1 is 0.846 bits per heavy atom. The zero-order valence-corrected chi connectivity index (χ0v) is 14.7. The molecule has 0 unspecified atom stereocenters. The number of pyridine rings is 2. The predicted molar refractivity (Wildman–Crippen MR) is 101 cm³/mol. The third-order valence-electron chi connectivity index (χ3n) is 4.45. The van der Waals surface area contributed by atoms with Crippen molar-refractivity contribution in [2.75, 3.05) is 5.32 Å². The molecule has 4 aromatic rings. The van der Waals surface area contributed by atoms with Crippen molar-refractivity contribution in [1.82, 2.24) is 0 Å². The fraction of sp³-hybridized carbons (Fsp3) is 0.0952. The Hall–Kier alpha value is -3.47. The Balaban J connectivity index is 1.62. The zero-order chi connectivity index (χ0) is 18.1. The smallest absolute Gasteiger partial charge is 0.212 e. The first-order chi connectivity index (χ1) is 12.6. The third-order valence-corrected chi connectivity index (χ3v) is 4.45. The fourth-order valence-corrected chi connectivity index (χ4v) is 3.13. The molecule has 2 aromatic heterocycles. The summed E-state index contributed by atoms with van der Waals surface area (Å²) in [5.74, 6) is 0. The molecule has 0 atom stereocenters. The Morgan fingerprint density at radius 2 is 1.46 bits per heavy atom. The standard InChI is InChI=1S/C21H19N4O/c1-24-11-3-5-15-13-17(7-9-19(15)24)22-21(26)23-18-8-10-20-16(14-18)6-4-12-25(20)2/h3-14H,1-2H3,(H-,22,23,26)/q+1. The number of benzene rings is 2. The van der Waals surface area contributed by atoms with E-state index in [1.807, 2.05) is 96.3 Å². The van der Waals surface area contributed by atoms with Crippen LogP contribution in [0.15, 0.2) is 78.0 Å². The summed E-state index contributed by atoms with van der Waals surface area (Å²) in [5.41, 5.74) is 3.55. The molecule has 0 aliphatic rings. The predicted octanol–water partition coefficient (Wildman–Crippen LogP) is 2.10. The molecule has 0 spiro atoms. The number of nitrogens with zero attached hydrogens (tertiary/aromatic N) is 3. The van der Waals surface area contributed by atoms with Gasteiger partial charge in [-0.3, -0.25) is 0 Å². The lowest BCUT2D eigenvalue weighted by Gasteiger charge is -2.14. The van der Waals surface area contributed by atoms with E-state index in [0.717, 1.165) is 27.5 Å². The van der Waals surface area contributed by atoms with Crippen LogP contribution >= 0.6 is 0 Å². The molecular weight excluding hydrogens is 324 g/mol. The normalized spacial score (nSPS) is 11.8. The summed E-state index contributed by atoms with van der Waals surface area (Å²) in [5, 5.41) is 17.2. The second-order valence-electron chi connectivity index (χ2n) is 6.30. The van der Waals surface area contributed by atoms with Crippen LogP contribution in [0.2, 0.25) is 0 Å². The van der Waals surface area contributed by atoms with Crippen molar-refractivity contribution in [2.24, 2.45) is 19.1 Å². The SMILES string of the molecule is C[n+]1cccc2cc(N=C([O-])Nc3ccc4c(ccc[n+]4C)c3)ccc21. The Kier molecular flexibility index (Phi) is 3.97. The second kappa shape index (κ2) is 6.44. The van der Waals surface area contributed by atoms with Gasteiger partial charge in [-0.15, -0.1) is 0 Å². The van der Waals surface area contributed by atoms with Gasteiger partial charge < -0.3 is 10.4 Å². The number of hydrogen-bond donors (Lipinski definition) is 1. The van der Waals surface area contributed by atoms with Crippen molar-refractivity contribution in [1.29, 1.82) is 0 Å². The average Bonchev–Trinajstić information content (AvgIpc) is 2.62. The van der Waals surface area contributed by atoms with Crippen LogP contribution in [0, 0.1) is 0 Å². The maximum absolute atomic E-state index is 12.3. The van der Waals surface area contributed by atoms with E-state index in [2.05, 4.69) is 10.3 Å². The van der Waals surface area contributed by atoms with Crippen LogP contribution in [0.5, 0.6) is 0 Å². The molecule has 26 heavy (non-hydrogen) atoms. The lowest BCUT2D eigenvalue weighted by Crippen LogP contribution is -2.28. The van der Waals surface area contributed by atoms with Crippen molar-refractivity contribution in [2.45, 2.75) is 0 Å². The van der Waals surface area contributed by atoms with Gasteiger partial charge in [-0.05, 0) is 36.4 Å². The summed E-state index contributed by atoms with van der Waals surface area (Å²) in [6.07, 6.45) is 3.99. The van der Waals surface area contributed by atoms with Gasteiger partial charge in [0.1, 0.15) is 14.1 Å². The Bertz CT molecular complexity index is 1150. The van der Waals surface area contributed by atoms with Gasteiger partial charge in [0.2, 0.25) is 11.0 Å². The first-order valence-electron chi connectivity index (χ1n) is 8.40. The minimum Gasteiger partial charge on any atom is -0.846 e. The lowest BCUT2D eigenvalue weighted by molar-refractivity contribution is -0.645. The second-order valence-corrected chi connectivity index (χ2v) is 6.30. The third kappa shape index (κ3) is 3.07. The summed E-state index contributed by atoms with van der Waals surface area (Å²) in [6.45, 7) is 0. The van der Waals surface area contributed by atoms with Crippen molar-refractivity contribution >= 4 is 39.2 Å². The van der Waals surface area contributed by atoms with Crippen LogP contribution in [0.1, 0.15) is 0 Å². The van der Waals surface area contributed by atoms with E-state index in [1.54, 1.807) is 0 Å². The quantitative estimate of drug-likeness (QED) is 0.344. The molecule has 0 radical (unpaired) electrons. The Labute approximate surface area is 151 Å². The molecule has 4 rings (SSSR count). The van der Waals surface area contributed by atoms with Gasteiger partial charge in [0, 0.05) is 40.7 Å².